The van der Waals surface area contributed by atoms with E-state index in [4.69, 9.17) is 5.73 Å². The molecule has 0 bridgehead atoms. The number of nitrogens with two attached hydrogens (primary N) is 1. The number of hydrogen-bond donors (Lipinski definition) is 2. The summed E-state index contributed by atoms with van der Waals surface area (Å²) in [6, 6.07) is 6.91. The van der Waals surface area contributed by atoms with E-state index in [9.17, 15) is 0 Å². The van der Waals surface area contributed by atoms with Gasteiger partial charge in [-0.1, -0.05) is 12.5 Å². The lowest BCUT2D eigenvalue weighted by Crippen LogP contribution is -2.40. The maximum Gasteiger partial charge on any atom is 0.160 e. The normalized spacial score (nSPS) is 23.8. The van der Waals surface area contributed by atoms with Gasteiger partial charge < -0.3 is 11.1 Å². The Morgan fingerprint density at radius 1 is 1.32 bits per heavy atom. The molecule has 0 aliphatic heterocycles. The highest BCUT2D eigenvalue weighted by molar-refractivity contribution is 5.36. The standard InChI is InChI=1S/C14H21N5/c15-11-4-3-5-12(10-11)16-8-7-14-18-17-13-6-1-2-9-19(13)14/h1-2,6,9,11-12,16H,3-5,7-8,10,15H2. The first-order valence-electron chi connectivity index (χ1n) is 7.10. The number of hydrogen-bond acceptors (Lipinski definition) is 4. The van der Waals surface area contributed by atoms with Crippen molar-refractivity contribution in [3.63, 3.8) is 0 Å². The van der Waals surface area contributed by atoms with Crippen molar-refractivity contribution < 1.29 is 0 Å². The molecule has 2 atom stereocenters. The zero-order chi connectivity index (χ0) is 13.1. The van der Waals surface area contributed by atoms with E-state index in [1.54, 1.807) is 0 Å². The summed E-state index contributed by atoms with van der Waals surface area (Å²) in [6.45, 7) is 0.938. The van der Waals surface area contributed by atoms with E-state index in [1.807, 2.05) is 28.8 Å². The van der Waals surface area contributed by atoms with Crippen LogP contribution in [0.4, 0.5) is 0 Å². The Morgan fingerprint density at radius 3 is 3.16 bits per heavy atom. The van der Waals surface area contributed by atoms with E-state index in [-0.39, 0.29) is 0 Å². The first-order chi connectivity index (χ1) is 9.33. The van der Waals surface area contributed by atoms with Crippen LogP contribution in [0.15, 0.2) is 24.4 Å². The second-order valence-corrected chi connectivity index (χ2v) is 5.37. The highest BCUT2D eigenvalue weighted by atomic mass is 15.2. The molecule has 3 N–H and O–H groups in total. The Labute approximate surface area is 113 Å². The Morgan fingerprint density at radius 2 is 2.26 bits per heavy atom. The monoisotopic (exact) mass is 259 g/mol. The van der Waals surface area contributed by atoms with Crippen molar-refractivity contribution in [2.45, 2.75) is 44.2 Å². The van der Waals surface area contributed by atoms with Crippen molar-refractivity contribution in [1.82, 2.24) is 19.9 Å². The SMILES string of the molecule is NC1CCCC(NCCc2nnc3ccccn23)C1. The molecule has 2 aromatic heterocycles. The molecule has 0 aromatic carbocycles. The molecule has 102 valence electrons. The van der Waals surface area contributed by atoms with Gasteiger partial charge in [-0.05, 0) is 31.4 Å². The zero-order valence-electron chi connectivity index (χ0n) is 11.1. The molecule has 0 amide bonds. The summed E-state index contributed by atoms with van der Waals surface area (Å²) in [6.07, 6.45) is 7.67. The largest absolute Gasteiger partial charge is 0.328 e. The van der Waals surface area contributed by atoms with Gasteiger partial charge in [0.1, 0.15) is 5.82 Å². The molecule has 3 rings (SSSR count). The predicted molar refractivity (Wildman–Crippen MR) is 74.9 cm³/mol. The Bertz CT molecular complexity index is 535. The molecular formula is C14H21N5. The van der Waals surface area contributed by atoms with Crippen LogP contribution >= 0.6 is 0 Å². The minimum atomic E-state index is 0.375. The second-order valence-electron chi connectivity index (χ2n) is 5.37. The summed E-state index contributed by atoms with van der Waals surface area (Å²) >= 11 is 0. The third-order valence-corrected chi connectivity index (χ3v) is 3.88. The molecule has 19 heavy (non-hydrogen) atoms. The summed E-state index contributed by atoms with van der Waals surface area (Å²) in [4.78, 5) is 0. The Hall–Kier alpha value is -1.46. The van der Waals surface area contributed by atoms with Crippen LogP contribution in [0.2, 0.25) is 0 Å². The molecule has 1 aliphatic carbocycles. The highest BCUT2D eigenvalue weighted by Gasteiger charge is 2.18. The smallest absolute Gasteiger partial charge is 0.160 e. The van der Waals surface area contributed by atoms with Crippen molar-refractivity contribution in [3.05, 3.63) is 30.2 Å². The molecule has 1 fully saturated rings. The lowest BCUT2D eigenvalue weighted by atomic mass is 9.91. The average molecular weight is 259 g/mol. The van der Waals surface area contributed by atoms with Crippen molar-refractivity contribution in [2.24, 2.45) is 5.73 Å². The maximum atomic E-state index is 6.00. The molecule has 2 aromatic rings. The number of pyridine rings is 1. The molecule has 5 nitrogen and oxygen atoms in total. The minimum absolute atomic E-state index is 0.375. The van der Waals surface area contributed by atoms with E-state index in [0.717, 1.165) is 30.9 Å². The van der Waals surface area contributed by atoms with Crippen molar-refractivity contribution in [2.75, 3.05) is 6.54 Å². The molecule has 0 radical (unpaired) electrons. The topological polar surface area (TPSA) is 68.2 Å². The van der Waals surface area contributed by atoms with Gasteiger partial charge in [0, 0.05) is 31.2 Å². The van der Waals surface area contributed by atoms with Crippen LogP contribution in [0.25, 0.3) is 5.65 Å². The fraction of sp³-hybridized carbons (Fsp3) is 0.571. The van der Waals surface area contributed by atoms with Crippen LogP contribution in [-0.4, -0.2) is 33.2 Å². The van der Waals surface area contributed by atoms with Crippen LogP contribution in [-0.2, 0) is 6.42 Å². The first-order valence-corrected chi connectivity index (χ1v) is 7.10. The molecular weight excluding hydrogens is 238 g/mol. The predicted octanol–water partition coefficient (Wildman–Crippen LogP) is 1.13. The van der Waals surface area contributed by atoms with E-state index < -0.39 is 0 Å². The molecule has 1 saturated carbocycles. The van der Waals surface area contributed by atoms with Gasteiger partial charge in [0.2, 0.25) is 0 Å². The zero-order valence-corrected chi connectivity index (χ0v) is 11.1. The Kier molecular flexibility index (Phi) is 3.75. The summed E-state index contributed by atoms with van der Waals surface area (Å²) in [5, 5.41) is 12.0. The van der Waals surface area contributed by atoms with E-state index in [0.29, 0.717) is 12.1 Å². The third-order valence-electron chi connectivity index (χ3n) is 3.88. The summed E-state index contributed by atoms with van der Waals surface area (Å²) < 4.78 is 2.05. The molecule has 0 saturated heterocycles. The van der Waals surface area contributed by atoms with E-state index in [2.05, 4.69) is 15.5 Å². The molecule has 2 heterocycles. The second kappa shape index (κ2) is 5.67. The fourth-order valence-electron chi connectivity index (χ4n) is 2.86. The summed E-state index contributed by atoms with van der Waals surface area (Å²) in [5.41, 5.74) is 6.91. The number of nitrogens with zero attached hydrogens (tertiary/aromatic N) is 3. The van der Waals surface area contributed by atoms with Gasteiger partial charge in [0.05, 0.1) is 0 Å². The molecule has 0 spiro atoms. The van der Waals surface area contributed by atoms with Gasteiger partial charge in [-0.25, -0.2) is 0 Å². The van der Waals surface area contributed by atoms with Gasteiger partial charge in [-0.15, -0.1) is 10.2 Å². The molecule has 5 heteroatoms. The average Bonchev–Trinajstić information content (AvgIpc) is 2.83. The fourth-order valence-corrected chi connectivity index (χ4v) is 2.86. The summed E-state index contributed by atoms with van der Waals surface area (Å²) in [7, 11) is 0. The highest BCUT2D eigenvalue weighted by Crippen LogP contribution is 2.16. The Balaban J connectivity index is 1.55. The van der Waals surface area contributed by atoms with Crippen molar-refractivity contribution in [3.8, 4) is 0 Å². The van der Waals surface area contributed by atoms with Gasteiger partial charge in [-0.2, -0.15) is 0 Å². The quantitative estimate of drug-likeness (QED) is 0.863. The van der Waals surface area contributed by atoms with Crippen molar-refractivity contribution >= 4 is 5.65 Å². The molecule has 1 aliphatic rings. The van der Waals surface area contributed by atoms with Crippen LogP contribution in [0, 0.1) is 0 Å². The third kappa shape index (κ3) is 2.93. The minimum Gasteiger partial charge on any atom is -0.328 e. The van der Waals surface area contributed by atoms with E-state index in [1.165, 1.54) is 19.3 Å². The van der Waals surface area contributed by atoms with Crippen LogP contribution in [0.1, 0.15) is 31.5 Å². The van der Waals surface area contributed by atoms with Crippen LogP contribution in [0.3, 0.4) is 0 Å². The number of rotatable bonds is 4. The number of fused-ring (bicyclic) bond motifs is 1. The van der Waals surface area contributed by atoms with Crippen LogP contribution in [0.5, 0.6) is 0 Å². The van der Waals surface area contributed by atoms with Crippen LogP contribution < -0.4 is 11.1 Å². The van der Waals surface area contributed by atoms with Crippen molar-refractivity contribution in [1.29, 1.82) is 0 Å². The van der Waals surface area contributed by atoms with E-state index >= 15 is 0 Å². The lowest BCUT2D eigenvalue weighted by molar-refractivity contribution is 0.340. The molecule has 2 unspecified atom stereocenters. The van der Waals surface area contributed by atoms with Gasteiger partial charge in [0.25, 0.3) is 0 Å². The van der Waals surface area contributed by atoms with Gasteiger partial charge in [-0.3, -0.25) is 4.40 Å². The summed E-state index contributed by atoms with van der Waals surface area (Å²) in [5.74, 6) is 1.02. The number of aromatic nitrogens is 3. The first kappa shape index (κ1) is 12.6. The van der Waals surface area contributed by atoms with Gasteiger partial charge in [0.15, 0.2) is 5.65 Å². The lowest BCUT2D eigenvalue weighted by Gasteiger charge is -2.27. The maximum absolute atomic E-state index is 6.00. The number of nitrogens with one attached hydrogen (secondary N) is 1. The van der Waals surface area contributed by atoms with Gasteiger partial charge >= 0.3 is 0 Å².